The number of nitrogens with one attached hydrogen (secondary N) is 1. The molecule has 1 aromatic carbocycles. The second-order valence-electron chi connectivity index (χ2n) is 5.59. The molecule has 24 heavy (non-hydrogen) atoms. The summed E-state index contributed by atoms with van der Waals surface area (Å²) in [5, 5.41) is 8.09. The lowest BCUT2D eigenvalue weighted by atomic mass is 9.94. The Balaban J connectivity index is 2.17. The summed E-state index contributed by atoms with van der Waals surface area (Å²) < 4.78 is 1.71. The molecule has 2 heterocycles. The Morgan fingerprint density at radius 1 is 1.33 bits per heavy atom. The summed E-state index contributed by atoms with van der Waals surface area (Å²) in [7, 11) is 0. The number of benzene rings is 1. The van der Waals surface area contributed by atoms with E-state index in [1.165, 1.54) is 6.33 Å². The van der Waals surface area contributed by atoms with E-state index in [4.69, 9.17) is 11.6 Å². The summed E-state index contributed by atoms with van der Waals surface area (Å²) in [6.07, 6.45) is 1.48. The molecule has 1 aromatic heterocycles. The molecule has 0 fully saturated rings. The summed E-state index contributed by atoms with van der Waals surface area (Å²) in [5.74, 6) is 0.588. The first-order valence-electron chi connectivity index (χ1n) is 7.99. The van der Waals surface area contributed by atoms with Gasteiger partial charge in [-0.1, -0.05) is 29.8 Å². The molecule has 1 amide bonds. The van der Waals surface area contributed by atoms with E-state index in [9.17, 15) is 4.79 Å². The Bertz CT molecular complexity index is 794. The maximum absolute atomic E-state index is 13.1. The van der Waals surface area contributed by atoms with Gasteiger partial charge in [0, 0.05) is 29.4 Å². The number of anilines is 1. The molecule has 1 atom stereocenters. The molecule has 6 nitrogen and oxygen atoms in total. The number of aromatic nitrogens is 3. The number of nitrogens with zero attached hydrogens (tertiary/aromatic N) is 4. The summed E-state index contributed by atoms with van der Waals surface area (Å²) in [4.78, 5) is 19.1. The van der Waals surface area contributed by atoms with Gasteiger partial charge in [-0.05, 0) is 26.8 Å². The number of halogens is 1. The van der Waals surface area contributed by atoms with Crippen LogP contribution in [0.1, 0.15) is 32.4 Å². The van der Waals surface area contributed by atoms with Crippen LogP contribution < -0.4 is 5.32 Å². The van der Waals surface area contributed by atoms with Crippen LogP contribution in [0, 0.1) is 0 Å². The van der Waals surface area contributed by atoms with Gasteiger partial charge in [0.2, 0.25) is 5.95 Å². The monoisotopic (exact) mass is 345 g/mol. The maximum atomic E-state index is 13.1. The van der Waals surface area contributed by atoms with Gasteiger partial charge >= 0.3 is 0 Å². The van der Waals surface area contributed by atoms with Crippen LogP contribution in [0.15, 0.2) is 41.9 Å². The number of carbonyl (C=O) groups is 1. The Labute approximate surface area is 146 Å². The van der Waals surface area contributed by atoms with Crippen molar-refractivity contribution in [3.05, 3.63) is 52.4 Å². The standard InChI is InChI=1S/C17H20ClN5O/c1-4-22(5-2)16(24)14-11(3)21-17-19-10-20-23(17)15(14)12-8-6-7-9-13(12)18/h6-10,15H,4-5H2,1-3H3,(H,19,20,21)/t15-/m1/s1. The van der Waals surface area contributed by atoms with Crippen LogP contribution in [0.25, 0.3) is 0 Å². The van der Waals surface area contributed by atoms with E-state index >= 15 is 0 Å². The van der Waals surface area contributed by atoms with Crippen molar-refractivity contribution in [1.82, 2.24) is 19.7 Å². The molecule has 0 aliphatic carbocycles. The molecule has 7 heteroatoms. The number of hydrogen-bond acceptors (Lipinski definition) is 4. The highest BCUT2D eigenvalue weighted by atomic mass is 35.5. The predicted molar refractivity (Wildman–Crippen MR) is 93.9 cm³/mol. The fourth-order valence-corrected chi connectivity index (χ4v) is 3.27. The van der Waals surface area contributed by atoms with Crippen LogP contribution in [-0.4, -0.2) is 38.7 Å². The number of fused-ring (bicyclic) bond motifs is 1. The number of hydrogen-bond donors (Lipinski definition) is 1. The normalized spacial score (nSPS) is 16.6. The average molecular weight is 346 g/mol. The van der Waals surface area contributed by atoms with Gasteiger partial charge in [-0.3, -0.25) is 4.79 Å². The first-order valence-corrected chi connectivity index (χ1v) is 8.37. The highest BCUT2D eigenvalue weighted by Gasteiger charge is 2.35. The van der Waals surface area contributed by atoms with Crippen LogP contribution >= 0.6 is 11.6 Å². The maximum Gasteiger partial charge on any atom is 0.254 e. The summed E-state index contributed by atoms with van der Waals surface area (Å²) in [6, 6.07) is 7.13. The largest absolute Gasteiger partial charge is 0.339 e. The molecule has 2 aromatic rings. The quantitative estimate of drug-likeness (QED) is 0.924. The molecule has 1 aliphatic heterocycles. The Kier molecular flexibility index (Phi) is 4.57. The Morgan fingerprint density at radius 2 is 2.04 bits per heavy atom. The average Bonchev–Trinajstić information content (AvgIpc) is 3.03. The van der Waals surface area contributed by atoms with Crippen molar-refractivity contribution in [2.45, 2.75) is 26.8 Å². The minimum absolute atomic E-state index is 0.0175. The van der Waals surface area contributed by atoms with Gasteiger partial charge in [-0.2, -0.15) is 10.1 Å². The highest BCUT2D eigenvalue weighted by molar-refractivity contribution is 6.31. The minimum atomic E-state index is -0.398. The fraction of sp³-hybridized carbons (Fsp3) is 0.353. The smallest absolute Gasteiger partial charge is 0.254 e. The molecule has 0 unspecified atom stereocenters. The van der Waals surface area contributed by atoms with Gasteiger partial charge in [0.25, 0.3) is 5.91 Å². The third-order valence-corrected chi connectivity index (χ3v) is 4.62. The number of amides is 1. The van der Waals surface area contributed by atoms with Crippen molar-refractivity contribution >= 4 is 23.5 Å². The van der Waals surface area contributed by atoms with Gasteiger partial charge in [0.15, 0.2) is 0 Å². The molecule has 126 valence electrons. The van der Waals surface area contributed by atoms with E-state index in [0.717, 1.165) is 11.3 Å². The molecular weight excluding hydrogens is 326 g/mol. The number of likely N-dealkylation sites (N-methyl/N-ethyl adjacent to an activating group) is 1. The van der Waals surface area contributed by atoms with Crippen LogP contribution in [0.2, 0.25) is 5.02 Å². The van der Waals surface area contributed by atoms with Gasteiger partial charge < -0.3 is 10.2 Å². The lowest BCUT2D eigenvalue weighted by Crippen LogP contribution is -2.38. The Morgan fingerprint density at radius 3 is 2.71 bits per heavy atom. The van der Waals surface area contributed by atoms with Crippen molar-refractivity contribution in [2.75, 3.05) is 18.4 Å². The molecule has 3 rings (SSSR count). The Hall–Kier alpha value is -2.34. The van der Waals surface area contributed by atoms with Crippen LogP contribution in [0.5, 0.6) is 0 Å². The number of carbonyl (C=O) groups excluding carboxylic acids is 1. The van der Waals surface area contributed by atoms with Crippen molar-refractivity contribution in [3.63, 3.8) is 0 Å². The first-order chi connectivity index (χ1) is 11.6. The van der Waals surface area contributed by atoms with E-state index < -0.39 is 6.04 Å². The van der Waals surface area contributed by atoms with E-state index in [-0.39, 0.29) is 5.91 Å². The topological polar surface area (TPSA) is 63.1 Å². The van der Waals surface area contributed by atoms with Gasteiger partial charge in [-0.25, -0.2) is 4.68 Å². The van der Waals surface area contributed by atoms with Gasteiger partial charge in [0.1, 0.15) is 12.4 Å². The summed E-state index contributed by atoms with van der Waals surface area (Å²) in [5.41, 5.74) is 2.25. The summed E-state index contributed by atoms with van der Waals surface area (Å²) >= 11 is 6.43. The molecule has 0 saturated heterocycles. The molecule has 0 radical (unpaired) electrons. The highest BCUT2D eigenvalue weighted by Crippen LogP contribution is 2.38. The third-order valence-electron chi connectivity index (χ3n) is 4.28. The van der Waals surface area contributed by atoms with E-state index in [0.29, 0.717) is 29.6 Å². The molecule has 1 N–H and O–H groups in total. The van der Waals surface area contributed by atoms with Crippen LogP contribution in [0.4, 0.5) is 5.95 Å². The van der Waals surface area contributed by atoms with E-state index in [2.05, 4.69) is 15.4 Å². The molecule has 0 spiro atoms. The zero-order valence-electron chi connectivity index (χ0n) is 14.0. The second-order valence-corrected chi connectivity index (χ2v) is 6.00. The fourth-order valence-electron chi connectivity index (χ4n) is 3.03. The van der Waals surface area contributed by atoms with Crippen molar-refractivity contribution in [2.24, 2.45) is 0 Å². The van der Waals surface area contributed by atoms with E-state index in [1.807, 2.05) is 45.0 Å². The molecular formula is C17H20ClN5O. The number of rotatable bonds is 4. The van der Waals surface area contributed by atoms with Gasteiger partial charge in [-0.15, -0.1) is 0 Å². The van der Waals surface area contributed by atoms with Crippen molar-refractivity contribution < 1.29 is 4.79 Å². The summed E-state index contributed by atoms with van der Waals surface area (Å²) in [6.45, 7) is 7.12. The number of allylic oxidation sites excluding steroid dienone is 1. The molecule has 0 bridgehead atoms. The zero-order chi connectivity index (χ0) is 17.3. The van der Waals surface area contributed by atoms with E-state index in [1.54, 1.807) is 9.58 Å². The van der Waals surface area contributed by atoms with Gasteiger partial charge in [0.05, 0.1) is 5.57 Å². The molecule has 0 saturated carbocycles. The zero-order valence-corrected chi connectivity index (χ0v) is 14.7. The third kappa shape index (κ3) is 2.67. The SMILES string of the molecule is CCN(CC)C(=O)C1=C(C)Nc2ncnn2[C@@H]1c1ccccc1Cl. The minimum Gasteiger partial charge on any atom is -0.339 e. The molecule has 1 aliphatic rings. The lowest BCUT2D eigenvalue weighted by molar-refractivity contribution is -0.127. The van der Waals surface area contributed by atoms with Crippen LogP contribution in [-0.2, 0) is 4.79 Å². The van der Waals surface area contributed by atoms with Crippen LogP contribution in [0.3, 0.4) is 0 Å². The van der Waals surface area contributed by atoms with Crippen molar-refractivity contribution in [3.8, 4) is 0 Å². The first kappa shape index (κ1) is 16.5. The lowest BCUT2D eigenvalue weighted by Gasteiger charge is -2.32. The van der Waals surface area contributed by atoms with Crippen molar-refractivity contribution in [1.29, 1.82) is 0 Å². The second kappa shape index (κ2) is 6.65. The predicted octanol–water partition coefficient (Wildman–Crippen LogP) is 3.09.